The second-order valence-electron chi connectivity index (χ2n) is 6.42. The van der Waals surface area contributed by atoms with E-state index in [1.165, 1.54) is 12.8 Å². The molecule has 5 heteroatoms. The summed E-state index contributed by atoms with van der Waals surface area (Å²) in [5, 5.41) is 0. The van der Waals surface area contributed by atoms with Crippen molar-refractivity contribution in [1.29, 1.82) is 0 Å². The Labute approximate surface area is 127 Å². The normalized spacial score (nSPS) is 37.8. The van der Waals surface area contributed by atoms with E-state index in [0.29, 0.717) is 24.7 Å². The molecule has 20 heavy (non-hydrogen) atoms. The number of rotatable bonds is 1. The molecule has 1 saturated heterocycles. The van der Waals surface area contributed by atoms with Gasteiger partial charge >= 0.3 is 0 Å². The summed E-state index contributed by atoms with van der Waals surface area (Å²) in [5.41, 5.74) is 6.03. The molecule has 116 valence electrons. The highest BCUT2D eigenvalue weighted by molar-refractivity contribution is 5.85. The molecule has 0 bridgehead atoms. The van der Waals surface area contributed by atoms with E-state index < -0.39 is 0 Å². The lowest BCUT2D eigenvalue weighted by Gasteiger charge is -2.45. The Kier molecular flexibility index (Phi) is 5.70. The third-order valence-corrected chi connectivity index (χ3v) is 5.08. The fourth-order valence-corrected chi connectivity index (χ4v) is 4.06. The van der Waals surface area contributed by atoms with Crippen LogP contribution in [0.25, 0.3) is 0 Å². The van der Waals surface area contributed by atoms with Crippen LogP contribution in [-0.4, -0.2) is 42.1 Å². The SMILES string of the molecule is Cl.NC1CCCC(C(=O)N2CCOC3CCCCC32)C1. The smallest absolute Gasteiger partial charge is 0.226 e. The Morgan fingerprint density at radius 1 is 1.10 bits per heavy atom. The lowest BCUT2D eigenvalue weighted by Crippen LogP contribution is -2.56. The Morgan fingerprint density at radius 2 is 1.90 bits per heavy atom. The zero-order valence-electron chi connectivity index (χ0n) is 12.1. The first kappa shape index (κ1) is 16.1. The van der Waals surface area contributed by atoms with E-state index in [1.54, 1.807) is 0 Å². The van der Waals surface area contributed by atoms with E-state index in [9.17, 15) is 4.79 Å². The van der Waals surface area contributed by atoms with Crippen LogP contribution >= 0.6 is 12.4 Å². The third kappa shape index (κ3) is 3.29. The number of carbonyl (C=O) groups is 1. The fourth-order valence-electron chi connectivity index (χ4n) is 4.06. The summed E-state index contributed by atoms with van der Waals surface area (Å²) in [6.45, 7) is 1.50. The van der Waals surface area contributed by atoms with Gasteiger partial charge in [-0.1, -0.05) is 19.3 Å². The van der Waals surface area contributed by atoms with Gasteiger partial charge < -0.3 is 15.4 Å². The van der Waals surface area contributed by atoms with Crippen molar-refractivity contribution in [3.05, 3.63) is 0 Å². The van der Waals surface area contributed by atoms with Gasteiger partial charge in [-0.15, -0.1) is 12.4 Å². The standard InChI is InChI=1S/C15H26N2O2.ClH/c16-12-5-3-4-11(10-12)15(18)17-8-9-19-14-7-2-1-6-13(14)17;/h11-14H,1-10,16H2;1H. The summed E-state index contributed by atoms with van der Waals surface area (Å²) in [4.78, 5) is 14.9. The maximum atomic E-state index is 12.8. The minimum absolute atomic E-state index is 0. The predicted molar refractivity (Wildman–Crippen MR) is 80.9 cm³/mol. The summed E-state index contributed by atoms with van der Waals surface area (Å²) in [6.07, 6.45) is 9.12. The summed E-state index contributed by atoms with van der Waals surface area (Å²) < 4.78 is 5.85. The third-order valence-electron chi connectivity index (χ3n) is 5.08. The van der Waals surface area contributed by atoms with Gasteiger partial charge in [-0.3, -0.25) is 4.79 Å². The maximum absolute atomic E-state index is 12.8. The highest BCUT2D eigenvalue weighted by atomic mass is 35.5. The van der Waals surface area contributed by atoms with Crippen LogP contribution in [0.15, 0.2) is 0 Å². The molecule has 2 saturated carbocycles. The number of nitrogens with two attached hydrogens (primary N) is 1. The predicted octanol–water partition coefficient (Wildman–Crippen LogP) is 2.10. The van der Waals surface area contributed by atoms with Crippen LogP contribution < -0.4 is 5.73 Å². The van der Waals surface area contributed by atoms with Crippen molar-refractivity contribution in [3.63, 3.8) is 0 Å². The number of halogens is 1. The molecule has 3 fully saturated rings. The minimum Gasteiger partial charge on any atom is -0.374 e. The molecule has 4 nitrogen and oxygen atoms in total. The number of morpholine rings is 1. The number of ether oxygens (including phenoxy) is 1. The zero-order chi connectivity index (χ0) is 13.2. The molecule has 0 aromatic carbocycles. The average Bonchev–Trinajstić information content (AvgIpc) is 2.46. The molecule has 1 aliphatic heterocycles. The van der Waals surface area contributed by atoms with E-state index in [4.69, 9.17) is 10.5 Å². The number of fused-ring (bicyclic) bond motifs is 1. The first-order valence-electron chi connectivity index (χ1n) is 7.93. The Bertz CT molecular complexity index is 338. The van der Waals surface area contributed by atoms with Gasteiger partial charge in [0.05, 0.1) is 18.8 Å². The summed E-state index contributed by atoms with van der Waals surface area (Å²) >= 11 is 0. The topological polar surface area (TPSA) is 55.6 Å². The van der Waals surface area contributed by atoms with Gasteiger partial charge in [-0.2, -0.15) is 0 Å². The summed E-state index contributed by atoms with van der Waals surface area (Å²) in [7, 11) is 0. The molecule has 1 heterocycles. The van der Waals surface area contributed by atoms with Crippen molar-refractivity contribution >= 4 is 18.3 Å². The van der Waals surface area contributed by atoms with Gasteiger partial charge in [0, 0.05) is 18.5 Å². The molecule has 0 radical (unpaired) electrons. The molecular formula is C15H27ClN2O2. The molecule has 3 rings (SSSR count). The maximum Gasteiger partial charge on any atom is 0.226 e. The molecule has 1 amide bonds. The van der Waals surface area contributed by atoms with Crippen LogP contribution in [0.2, 0.25) is 0 Å². The van der Waals surface area contributed by atoms with E-state index in [1.807, 2.05) is 0 Å². The molecule has 4 atom stereocenters. The number of hydrogen-bond acceptors (Lipinski definition) is 3. The number of hydrogen-bond donors (Lipinski definition) is 1. The quantitative estimate of drug-likeness (QED) is 0.807. The summed E-state index contributed by atoms with van der Waals surface area (Å²) in [5.74, 6) is 0.528. The Hall–Kier alpha value is -0.320. The molecule has 0 spiro atoms. The molecular weight excluding hydrogens is 276 g/mol. The molecule has 2 aliphatic carbocycles. The van der Waals surface area contributed by atoms with Gasteiger partial charge in [0.2, 0.25) is 5.91 Å². The fraction of sp³-hybridized carbons (Fsp3) is 0.933. The minimum atomic E-state index is 0. The highest BCUT2D eigenvalue weighted by Gasteiger charge is 2.39. The first-order valence-corrected chi connectivity index (χ1v) is 7.93. The van der Waals surface area contributed by atoms with Crippen molar-refractivity contribution < 1.29 is 9.53 Å². The van der Waals surface area contributed by atoms with Crippen LogP contribution in [0.5, 0.6) is 0 Å². The van der Waals surface area contributed by atoms with Crippen LogP contribution in [0.4, 0.5) is 0 Å². The molecule has 3 aliphatic rings. The zero-order valence-corrected chi connectivity index (χ0v) is 12.9. The van der Waals surface area contributed by atoms with Gasteiger partial charge in [-0.25, -0.2) is 0 Å². The number of nitrogens with zero attached hydrogens (tertiary/aromatic N) is 1. The Morgan fingerprint density at radius 3 is 2.70 bits per heavy atom. The largest absolute Gasteiger partial charge is 0.374 e. The lowest BCUT2D eigenvalue weighted by atomic mass is 9.83. The van der Waals surface area contributed by atoms with E-state index in [0.717, 1.165) is 45.1 Å². The second-order valence-corrected chi connectivity index (χ2v) is 6.42. The number of carbonyl (C=O) groups excluding carboxylic acids is 1. The van der Waals surface area contributed by atoms with E-state index in [2.05, 4.69) is 4.90 Å². The molecule has 4 unspecified atom stereocenters. The molecule has 0 aromatic rings. The monoisotopic (exact) mass is 302 g/mol. The van der Waals surface area contributed by atoms with E-state index in [-0.39, 0.29) is 24.4 Å². The molecule has 0 aromatic heterocycles. The Balaban J connectivity index is 0.00000147. The van der Waals surface area contributed by atoms with Crippen molar-refractivity contribution in [3.8, 4) is 0 Å². The lowest BCUT2D eigenvalue weighted by molar-refractivity contribution is -0.154. The van der Waals surface area contributed by atoms with Crippen LogP contribution in [-0.2, 0) is 9.53 Å². The van der Waals surface area contributed by atoms with Crippen LogP contribution in [0.1, 0.15) is 51.4 Å². The second kappa shape index (κ2) is 7.10. The van der Waals surface area contributed by atoms with Crippen molar-refractivity contribution in [2.24, 2.45) is 11.7 Å². The van der Waals surface area contributed by atoms with Crippen molar-refractivity contribution in [1.82, 2.24) is 4.90 Å². The highest BCUT2D eigenvalue weighted by Crippen LogP contribution is 2.32. The first-order chi connectivity index (χ1) is 9.25. The number of amides is 1. The van der Waals surface area contributed by atoms with Crippen LogP contribution in [0.3, 0.4) is 0 Å². The average molecular weight is 303 g/mol. The molecule has 2 N–H and O–H groups in total. The van der Waals surface area contributed by atoms with Gasteiger partial charge in [0.1, 0.15) is 0 Å². The van der Waals surface area contributed by atoms with Crippen LogP contribution in [0, 0.1) is 5.92 Å². The van der Waals surface area contributed by atoms with Gasteiger partial charge in [0.25, 0.3) is 0 Å². The van der Waals surface area contributed by atoms with Crippen molar-refractivity contribution in [2.75, 3.05) is 13.2 Å². The summed E-state index contributed by atoms with van der Waals surface area (Å²) in [6, 6.07) is 0.569. The van der Waals surface area contributed by atoms with Crippen molar-refractivity contribution in [2.45, 2.75) is 69.6 Å². The van der Waals surface area contributed by atoms with E-state index >= 15 is 0 Å². The van der Waals surface area contributed by atoms with Gasteiger partial charge in [-0.05, 0) is 32.1 Å². The van der Waals surface area contributed by atoms with Gasteiger partial charge in [0.15, 0.2) is 0 Å².